The molecule has 2 aromatic rings. The summed E-state index contributed by atoms with van der Waals surface area (Å²) >= 11 is 0. The summed E-state index contributed by atoms with van der Waals surface area (Å²) in [6.07, 6.45) is 5.86. The smallest absolute Gasteiger partial charge is 0.233 e. The number of carbonyl (C=O) groups excluding carboxylic acids is 1. The van der Waals surface area contributed by atoms with E-state index in [-0.39, 0.29) is 24.0 Å². The van der Waals surface area contributed by atoms with E-state index < -0.39 is 23.3 Å². The van der Waals surface area contributed by atoms with Crippen LogP contribution in [0.5, 0.6) is 0 Å². The number of nitriles is 1. The fourth-order valence-electron chi connectivity index (χ4n) is 3.78. The van der Waals surface area contributed by atoms with Gasteiger partial charge in [-0.3, -0.25) is 9.79 Å². The third kappa shape index (κ3) is 6.11. The number of anilines is 1. The number of rotatable bonds is 8. The number of hydrogen-bond acceptors (Lipinski definition) is 6. The zero-order valence-electron chi connectivity index (χ0n) is 17.6. The zero-order valence-corrected chi connectivity index (χ0v) is 17.6. The van der Waals surface area contributed by atoms with Crippen LogP contribution >= 0.6 is 0 Å². The lowest BCUT2D eigenvalue weighted by Gasteiger charge is -2.36. The molecule has 166 valence electrons. The molecule has 1 saturated carbocycles. The van der Waals surface area contributed by atoms with Crippen LogP contribution in [0.4, 0.5) is 15.8 Å². The van der Waals surface area contributed by atoms with Gasteiger partial charge in [0.05, 0.1) is 23.7 Å². The monoisotopic (exact) mass is 435 g/mol. The minimum atomic E-state index is -1.07. The van der Waals surface area contributed by atoms with Crippen molar-refractivity contribution in [2.24, 2.45) is 27.4 Å². The van der Waals surface area contributed by atoms with E-state index in [2.05, 4.69) is 26.4 Å². The van der Waals surface area contributed by atoms with Crippen LogP contribution in [-0.2, 0) is 4.79 Å². The summed E-state index contributed by atoms with van der Waals surface area (Å²) in [5.74, 6) is -2.60. The third-order valence-corrected chi connectivity index (χ3v) is 5.56. The summed E-state index contributed by atoms with van der Waals surface area (Å²) < 4.78 is 13.3. The van der Waals surface area contributed by atoms with Gasteiger partial charge in [-0.2, -0.15) is 9.65 Å². The van der Waals surface area contributed by atoms with Gasteiger partial charge in [-0.15, -0.1) is 0 Å². The molecule has 1 aromatic heterocycles. The van der Waals surface area contributed by atoms with E-state index in [0.29, 0.717) is 12.8 Å². The van der Waals surface area contributed by atoms with Crippen molar-refractivity contribution >= 4 is 29.3 Å². The summed E-state index contributed by atoms with van der Waals surface area (Å²) in [4.78, 5) is 24.2. The average Bonchev–Trinajstić information content (AvgIpc) is 2.76. The number of carbonyl (C=O) groups is 1. The first-order chi connectivity index (χ1) is 15.4. The fourth-order valence-corrected chi connectivity index (χ4v) is 3.78. The molecule has 1 heterocycles. The van der Waals surface area contributed by atoms with Gasteiger partial charge in [-0.25, -0.2) is 9.98 Å². The molecule has 1 aliphatic rings. The third-order valence-electron chi connectivity index (χ3n) is 5.56. The number of primary amides is 1. The molecule has 9 heteroatoms. The van der Waals surface area contributed by atoms with Gasteiger partial charge in [0.1, 0.15) is 11.8 Å². The number of aromatic nitrogens is 1. The Morgan fingerprint density at radius 1 is 1.31 bits per heavy atom. The summed E-state index contributed by atoms with van der Waals surface area (Å²) in [7, 11) is 0. The number of aliphatic imine (C=N–C) groups is 2. The minimum absolute atomic E-state index is 0.0987. The molecule has 1 amide bonds. The highest BCUT2D eigenvalue weighted by molar-refractivity contribution is 6.14. The molecule has 8 nitrogen and oxygen atoms in total. The van der Waals surface area contributed by atoms with E-state index in [9.17, 15) is 14.4 Å². The SMILES string of the molecule is N#CCC1(N=CC(C(N)=O)C(N)=Nc2ccnc(F)c2)CCC(Nc2ccccc2)CC1. The van der Waals surface area contributed by atoms with Crippen molar-refractivity contribution in [3.05, 3.63) is 54.6 Å². The van der Waals surface area contributed by atoms with Crippen molar-refractivity contribution in [3.8, 4) is 6.07 Å². The highest BCUT2D eigenvalue weighted by Gasteiger charge is 2.35. The zero-order chi connectivity index (χ0) is 23.0. The number of pyridine rings is 1. The van der Waals surface area contributed by atoms with Gasteiger partial charge in [-0.05, 0) is 43.9 Å². The minimum Gasteiger partial charge on any atom is -0.386 e. The Labute approximate surface area is 186 Å². The Hall–Kier alpha value is -3.80. The Morgan fingerprint density at radius 3 is 2.66 bits per heavy atom. The molecule has 32 heavy (non-hydrogen) atoms. The van der Waals surface area contributed by atoms with Gasteiger partial charge in [-0.1, -0.05) is 18.2 Å². The molecule has 1 unspecified atom stereocenters. The first kappa shape index (κ1) is 22.9. The van der Waals surface area contributed by atoms with Crippen molar-refractivity contribution < 1.29 is 9.18 Å². The lowest BCUT2D eigenvalue weighted by atomic mass is 9.78. The molecular formula is C23H26FN7O. The van der Waals surface area contributed by atoms with E-state index in [1.807, 2.05) is 30.3 Å². The van der Waals surface area contributed by atoms with Crippen molar-refractivity contribution in [1.82, 2.24) is 4.98 Å². The van der Waals surface area contributed by atoms with Gasteiger partial charge < -0.3 is 16.8 Å². The molecule has 0 aliphatic heterocycles. The second kappa shape index (κ2) is 10.5. The molecule has 3 rings (SSSR count). The van der Waals surface area contributed by atoms with E-state index in [0.717, 1.165) is 24.6 Å². The molecule has 1 aromatic carbocycles. The summed E-state index contributed by atoms with van der Waals surface area (Å²) in [6.45, 7) is 0. The molecule has 0 saturated heterocycles. The maximum Gasteiger partial charge on any atom is 0.233 e. The first-order valence-electron chi connectivity index (χ1n) is 10.4. The topological polar surface area (TPSA) is 143 Å². The highest BCUT2D eigenvalue weighted by Crippen LogP contribution is 2.35. The van der Waals surface area contributed by atoms with Crippen molar-refractivity contribution in [2.45, 2.75) is 43.7 Å². The Bertz CT molecular complexity index is 1020. The Balaban J connectivity index is 1.72. The lowest BCUT2D eigenvalue weighted by Crippen LogP contribution is -2.40. The summed E-state index contributed by atoms with van der Waals surface area (Å²) in [5, 5.41) is 12.9. The highest BCUT2D eigenvalue weighted by atomic mass is 19.1. The standard InChI is InChI=1S/C23H26FN7O/c24-20-14-18(8-13-28-20)31-21(26)19(22(27)32)15-29-23(11-12-25)9-6-17(7-10-23)30-16-4-2-1-3-5-16/h1-5,8,13-15,17,19,30H,6-7,9-11H2,(H2,27,32)(H2,26,28,31). The number of para-hydroxylation sites is 1. The van der Waals surface area contributed by atoms with E-state index in [1.165, 1.54) is 18.5 Å². The quantitative estimate of drug-likeness (QED) is 0.332. The second-order valence-corrected chi connectivity index (χ2v) is 7.88. The molecule has 1 aliphatic carbocycles. The summed E-state index contributed by atoms with van der Waals surface area (Å²) in [6, 6.07) is 15.0. The van der Waals surface area contributed by atoms with Crippen LogP contribution in [0.3, 0.4) is 0 Å². The van der Waals surface area contributed by atoms with Crippen LogP contribution < -0.4 is 16.8 Å². The number of nitrogens with two attached hydrogens (primary N) is 2. The summed E-state index contributed by atoms with van der Waals surface area (Å²) in [5.41, 5.74) is 12.2. The number of nitrogens with zero attached hydrogens (tertiary/aromatic N) is 4. The Kier molecular flexibility index (Phi) is 7.49. The van der Waals surface area contributed by atoms with Gasteiger partial charge in [0.2, 0.25) is 11.9 Å². The largest absolute Gasteiger partial charge is 0.386 e. The van der Waals surface area contributed by atoms with Crippen LogP contribution in [0.25, 0.3) is 0 Å². The van der Waals surface area contributed by atoms with Crippen molar-refractivity contribution in [3.63, 3.8) is 0 Å². The van der Waals surface area contributed by atoms with Gasteiger partial charge >= 0.3 is 0 Å². The fraction of sp³-hybridized carbons (Fsp3) is 0.348. The maximum atomic E-state index is 13.3. The Morgan fingerprint density at radius 2 is 2.03 bits per heavy atom. The predicted octanol–water partition coefficient (Wildman–Crippen LogP) is 3.09. The van der Waals surface area contributed by atoms with E-state index in [1.54, 1.807) is 0 Å². The van der Waals surface area contributed by atoms with Crippen LogP contribution in [0.2, 0.25) is 0 Å². The maximum absolute atomic E-state index is 13.3. The average molecular weight is 436 g/mol. The second-order valence-electron chi connectivity index (χ2n) is 7.88. The number of hydrogen-bond donors (Lipinski definition) is 3. The number of amidine groups is 1. The molecule has 5 N–H and O–H groups in total. The molecule has 1 atom stereocenters. The molecule has 0 bridgehead atoms. The van der Waals surface area contributed by atoms with E-state index in [4.69, 9.17) is 11.5 Å². The normalized spacial score (nSPS) is 22.2. The molecule has 0 radical (unpaired) electrons. The van der Waals surface area contributed by atoms with Crippen molar-refractivity contribution in [1.29, 1.82) is 5.26 Å². The van der Waals surface area contributed by atoms with Crippen LogP contribution in [-0.4, -0.2) is 34.5 Å². The van der Waals surface area contributed by atoms with Gasteiger partial charge in [0.25, 0.3) is 0 Å². The number of nitrogens with one attached hydrogen (secondary N) is 1. The number of amides is 1. The molecular weight excluding hydrogens is 409 g/mol. The van der Waals surface area contributed by atoms with Crippen LogP contribution in [0.15, 0.2) is 58.6 Å². The first-order valence-corrected chi connectivity index (χ1v) is 10.4. The number of benzene rings is 1. The number of halogens is 1. The van der Waals surface area contributed by atoms with Crippen molar-refractivity contribution in [2.75, 3.05) is 5.32 Å². The predicted molar refractivity (Wildman–Crippen MR) is 122 cm³/mol. The van der Waals surface area contributed by atoms with Gasteiger partial charge in [0.15, 0.2) is 0 Å². The van der Waals surface area contributed by atoms with Crippen LogP contribution in [0, 0.1) is 23.2 Å². The molecule has 1 fully saturated rings. The molecule has 0 spiro atoms. The van der Waals surface area contributed by atoms with E-state index >= 15 is 0 Å². The lowest BCUT2D eigenvalue weighted by molar-refractivity contribution is -0.118. The van der Waals surface area contributed by atoms with Crippen LogP contribution in [0.1, 0.15) is 32.1 Å². The van der Waals surface area contributed by atoms with Gasteiger partial charge in [0, 0.05) is 30.2 Å².